The smallest absolute Gasteiger partial charge is 0.338 e. The summed E-state index contributed by atoms with van der Waals surface area (Å²) in [6, 6.07) is 8.77. The molecule has 138 valence electrons. The molecule has 0 radical (unpaired) electrons. The van der Waals surface area contributed by atoms with E-state index >= 15 is 0 Å². The molecule has 1 aromatic heterocycles. The normalized spacial score (nSPS) is 14.8. The molecule has 2 heterocycles. The van der Waals surface area contributed by atoms with E-state index in [1.54, 1.807) is 25.1 Å². The average Bonchev–Trinajstić information content (AvgIpc) is 3.06. The zero-order valence-electron chi connectivity index (χ0n) is 14.6. The fourth-order valence-corrected chi connectivity index (χ4v) is 2.58. The van der Waals surface area contributed by atoms with E-state index < -0.39 is 11.9 Å². The van der Waals surface area contributed by atoms with Crippen molar-refractivity contribution in [1.82, 2.24) is 10.1 Å². The van der Waals surface area contributed by atoms with Crippen LogP contribution in [-0.4, -0.2) is 54.8 Å². The third kappa shape index (κ3) is 5.14. The highest BCUT2D eigenvalue weighted by molar-refractivity contribution is 5.95. The quantitative estimate of drug-likeness (QED) is 0.783. The van der Waals surface area contributed by atoms with Crippen LogP contribution in [0.15, 0.2) is 34.9 Å². The topological polar surface area (TPSA) is 93.9 Å². The number of anilines is 1. The molecule has 0 bridgehead atoms. The molecule has 1 aliphatic heterocycles. The molecule has 0 spiro atoms. The third-order valence-electron chi connectivity index (χ3n) is 3.93. The standard InChI is InChI=1S/C18H21N3O5/c1-13-10-16(20-26-13)19-17(22)12-25-18(23)15-4-2-14(3-5-15)11-21-6-8-24-9-7-21/h2-5,10H,6-9,11-12H2,1H3,(H,19,20,22). The summed E-state index contributed by atoms with van der Waals surface area (Å²) < 4.78 is 15.2. The Bertz CT molecular complexity index is 750. The average molecular weight is 359 g/mol. The Hall–Kier alpha value is -2.71. The molecule has 8 heteroatoms. The number of benzene rings is 1. The third-order valence-corrected chi connectivity index (χ3v) is 3.93. The van der Waals surface area contributed by atoms with Crippen molar-refractivity contribution in [2.45, 2.75) is 13.5 Å². The van der Waals surface area contributed by atoms with Crippen LogP contribution < -0.4 is 5.32 Å². The number of nitrogens with zero attached hydrogens (tertiary/aromatic N) is 2. The highest BCUT2D eigenvalue weighted by Crippen LogP contribution is 2.11. The van der Waals surface area contributed by atoms with E-state index in [0.717, 1.165) is 38.4 Å². The number of hydrogen-bond acceptors (Lipinski definition) is 7. The molecule has 0 unspecified atom stereocenters. The minimum atomic E-state index is -0.547. The van der Waals surface area contributed by atoms with Crippen LogP contribution in [0.2, 0.25) is 0 Å². The van der Waals surface area contributed by atoms with Crippen LogP contribution >= 0.6 is 0 Å². The van der Waals surface area contributed by atoms with Crippen molar-refractivity contribution in [1.29, 1.82) is 0 Å². The van der Waals surface area contributed by atoms with E-state index in [0.29, 0.717) is 11.3 Å². The fraction of sp³-hybridized carbons (Fsp3) is 0.389. The van der Waals surface area contributed by atoms with Crippen LogP contribution in [-0.2, 0) is 20.8 Å². The van der Waals surface area contributed by atoms with Gasteiger partial charge >= 0.3 is 5.97 Å². The van der Waals surface area contributed by atoms with Gasteiger partial charge in [-0.2, -0.15) is 0 Å². The largest absolute Gasteiger partial charge is 0.452 e. The van der Waals surface area contributed by atoms with Crippen LogP contribution in [0.25, 0.3) is 0 Å². The van der Waals surface area contributed by atoms with Gasteiger partial charge in [0.2, 0.25) is 0 Å². The van der Waals surface area contributed by atoms with Crippen LogP contribution in [0.3, 0.4) is 0 Å². The molecule has 1 fully saturated rings. The molecule has 1 saturated heterocycles. The summed E-state index contributed by atoms with van der Waals surface area (Å²) in [6.07, 6.45) is 0. The maximum absolute atomic E-state index is 12.0. The number of aromatic nitrogens is 1. The Balaban J connectivity index is 1.45. The van der Waals surface area contributed by atoms with Gasteiger partial charge < -0.3 is 19.3 Å². The molecule has 26 heavy (non-hydrogen) atoms. The van der Waals surface area contributed by atoms with E-state index in [9.17, 15) is 9.59 Å². The molecule has 0 saturated carbocycles. The monoisotopic (exact) mass is 359 g/mol. The van der Waals surface area contributed by atoms with E-state index in [-0.39, 0.29) is 12.4 Å². The zero-order valence-corrected chi connectivity index (χ0v) is 14.6. The van der Waals surface area contributed by atoms with E-state index in [1.165, 1.54) is 0 Å². The second-order valence-corrected chi connectivity index (χ2v) is 6.03. The van der Waals surface area contributed by atoms with Gasteiger partial charge in [0.1, 0.15) is 5.76 Å². The lowest BCUT2D eigenvalue weighted by molar-refractivity contribution is -0.119. The van der Waals surface area contributed by atoms with Gasteiger partial charge in [-0.3, -0.25) is 9.69 Å². The number of amides is 1. The van der Waals surface area contributed by atoms with Crippen molar-refractivity contribution in [3.05, 3.63) is 47.2 Å². The SMILES string of the molecule is Cc1cc(NC(=O)COC(=O)c2ccc(CN3CCOCC3)cc2)no1. The predicted molar refractivity (Wildman–Crippen MR) is 92.7 cm³/mol. The first kappa shape index (κ1) is 18.1. The summed E-state index contributed by atoms with van der Waals surface area (Å²) in [5, 5.41) is 6.13. The van der Waals surface area contributed by atoms with E-state index in [1.807, 2.05) is 12.1 Å². The first-order valence-corrected chi connectivity index (χ1v) is 8.39. The van der Waals surface area contributed by atoms with Gasteiger partial charge in [-0.25, -0.2) is 4.79 Å². The lowest BCUT2D eigenvalue weighted by Gasteiger charge is -2.26. The lowest BCUT2D eigenvalue weighted by atomic mass is 10.1. The van der Waals surface area contributed by atoms with Crippen molar-refractivity contribution in [2.24, 2.45) is 0 Å². The minimum Gasteiger partial charge on any atom is -0.452 e. The molecule has 0 aliphatic carbocycles. The number of morpholine rings is 1. The van der Waals surface area contributed by atoms with E-state index in [2.05, 4.69) is 15.4 Å². The number of carbonyl (C=O) groups is 2. The highest BCUT2D eigenvalue weighted by Gasteiger charge is 2.13. The summed E-state index contributed by atoms with van der Waals surface area (Å²) in [6.45, 7) is 5.46. The van der Waals surface area contributed by atoms with E-state index in [4.69, 9.17) is 14.0 Å². The second kappa shape index (κ2) is 8.59. The van der Waals surface area contributed by atoms with Gasteiger partial charge in [-0.1, -0.05) is 17.3 Å². The Morgan fingerprint density at radius 3 is 2.62 bits per heavy atom. The van der Waals surface area contributed by atoms with Crippen molar-refractivity contribution in [3.8, 4) is 0 Å². The molecule has 1 N–H and O–H groups in total. The number of rotatable bonds is 6. The number of ether oxygens (including phenoxy) is 2. The molecule has 1 amide bonds. The maximum atomic E-state index is 12.0. The molecular weight excluding hydrogens is 338 g/mol. The molecule has 3 rings (SSSR count). The summed E-state index contributed by atoms with van der Waals surface area (Å²) >= 11 is 0. The number of carbonyl (C=O) groups excluding carboxylic acids is 2. The lowest BCUT2D eigenvalue weighted by Crippen LogP contribution is -2.35. The molecule has 1 aliphatic rings. The fourth-order valence-electron chi connectivity index (χ4n) is 2.58. The summed E-state index contributed by atoms with van der Waals surface area (Å²) in [5.74, 6) is -0.157. The molecule has 2 aromatic rings. The van der Waals surface area contributed by atoms with Gasteiger partial charge in [0.05, 0.1) is 18.8 Å². The Morgan fingerprint density at radius 1 is 1.23 bits per heavy atom. The van der Waals surface area contributed by atoms with Gasteiger partial charge in [-0.05, 0) is 24.6 Å². The predicted octanol–water partition coefficient (Wildman–Crippen LogP) is 1.61. The maximum Gasteiger partial charge on any atom is 0.338 e. The summed E-state index contributed by atoms with van der Waals surface area (Å²) in [7, 11) is 0. The van der Waals surface area contributed by atoms with Gasteiger partial charge in [0.25, 0.3) is 5.91 Å². The molecule has 1 aromatic carbocycles. The molecule has 8 nitrogen and oxygen atoms in total. The molecule has 0 atom stereocenters. The first-order valence-electron chi connectivity index (χ1n) is 8.39. The van der Waals surface area contributed by atoms with Gasteiger partial charge in [0, 0.05) is 25.7 Å². The Morgan fingerprint density at radius 2 is 1.96 bits per heavy atom. The van der Waals surface area contributed by atoms with Crippen LogP contribution in [0.5, 0.6) is 0 Å². The summed E-state index contributed by atoms with van der Waals surface area (Å²) in [5.41, 5.74) is 1.52. The minimum absolute atomic E-state index is 0.288. The highest BCUT2D eigenvalue weighted by atomic mass is 16.5. The van der Waals surface area contributed by atoms with Crippen molar-refractivity contribution >= 4 is 17.7 Å². The van der Waals surface area contributed by atoms with Crippen molar-refractivity contribution in [3.63, 3.8) is 0 Å². The van der Waals surface area contributed by atoms with Gasteiger partial charge in [-0.15, -0.1) is 0 Å². The Labute approximate surface area is 151 Å². The van der Waals surface area contributed by atoms with Crippen molar-refractivity contribution < 1.29 is 23.6 Å². The zero-order chi connectivity index (χ0) is 18.4. The Kier molecular flexibility index (Phi) is 5.98. The van der Waals surface area contributed by atoms with Crippen LogP contribution in [0.1, 0.15) is 21.7 Å². The number of aryl methyl sites for hydroxylation is 1. The number of esters is 1. The van der Waals surface area contributed by atoms with Crippen molar-refractivity contribution in [2.75, 3.05) is 38.2 Å². The number of nitrogens with one attached hydrogen (secondary N) is 1. The van der Waals surface area contributed by atoms with Crippen LogP contribution in [0.4, 0.5) is 5.82 Å². The summed E-state index contributed by atoms with van der Waals surface area (Å²) in [4.78, 5) is 26.1. The first-order chi connectivity index (χ1) is 12.6. The number of hydrogen-bond donors (Lipinski definition) is 1. The van der Waals surface area contributed by atoms with Crippen LogP contribution in [0, 0.1) is 6.92 Å². The molecular formula is C18H21N3O5. The van der Waals surface area contributed by atoms with Gasteiger partial charge in [0.15, 0.2) is 12.4 Å². The second-order valence-electron chi connectivity index (χ2n) is 6.03.